The van der Waals surface area contributed by atoms with E-state index in [2.05, 4.69) is 10.6 Å². The first-order valence-electron chi connectivity index (χ1n) is 8.57. The summed E-state index contributed by atoms with van der Waals surface area (Å²) in [5.74, 6) is -0.491. The third-order valence-electron chi connectivity index (χ3n) is 4.59. The molecule has 1 aliphatic heterocycles. The molecule has 1 aliphatic rings. The van der Waals surface area contributed by atoms with Crippen molar-refractivity contribution in [2.24, 2.45) is 0 Å². The molecule has 0 spiro atoms. The summed E-state index contributed by atoms with van der Waals surface area (Å²) >= 11 is 0. The summed E-state index contributed by atoms with van der Waals surface area (Å²) in [6.07, 6.45) is 0.509. The zero-order valence-electron chi connectivity index (χ0n) is 15.1. The van der Waals surface area contributed by atoms with Crippen LogP contribution in [0.3, 0.4) is 0 Å². The molecular formula is C20H22FN3O2. The Bertz CT molecular complexity index is 866. The second-order valence-electron chi connectivity index (χ2n) is 6.68. The van der Waals surface area contributed by atoms with E-state index in [9.17, 15) is 14.0 Å². The maximum Gasteiger partial charge on any atom is 0.319 e. The number of anilines is 2. The molecule has 1 atom stereocenters. The van der Waals surface area contributed by atoms with Gasteiger partial charge in [-0.1, -0.05) is 17.7 Å². The maximum absolute atomic E-state index is 13.4. The van der Waals surface area contributed by atoms with Gasteiger partial charge in [0.1, 0.15) is 11.9 Å². The Morgan fingerprint density at radius 1 is 1.12 bits per heavy atom. The molecule has 136 valence electrons. The fraction of sp³-hybridized carbons (Fsp3) is 0.300. The third-order valence-corrected chi connectivity index (χ3v) is 4.59. The number of carbonyl (C=O) groups excluding carboxylic acids is 2. The van der Waals surface area contributed by atoms with Crippen LogP contribution in [0.4, 0.5) is 20.6 Å². The Kier molecular flexibility index (Phi) is 4.93. The van der Waals surface area contributed by atoms with Crippen molar-refractivity contribution in [3.8, 4) is 0 Å². The predicted octanol–water partition coefficient (Wildman–Crippen LogP) is 3.68. The Balaban J connectivity index is 1.64. The summed E-state index contributed by atoms with van der Waals surface area (Å²) in [5, 5.41) is 5.52. The average molecular weight is 355 g/mol. The average Bonchev–Trinajstić information content (AvgIpc) is 2.93. The number of nitrogens with zero attached hydrogens (tertiary/aromatic N) is 1. The number of carbonyl (C=O) groups is 2. The van der Waals surface area contributed by atoms with Gasteiger partial charge in [0.05, 0.1) is 0 Å². The van der Waals surface area contributed by atoms with Crippen LogP contribution in [0, 0.1) is 26.6 Å². The Morgan fingerprint density at radius 3 is 2.58 bits per heavy atom. The molecule has 3 rings (SSSR count). The number of nitrogens with one attached hydrogen (secondary N) is 2. The molecule has 2 aromatic rings. The molecule has 6 heteroatoms. The van der Waals surface area contributed by atoms with Gasteiger partial charge in [-0.15, -0.1) is 0 Å². The summed E-state index contributed by atoms with van der Waals surface area (Å²) in [4.78, 5) is 26.4. The topological polar surface area (TPSA) is 61.4 Å². The van der Waals surface area contributed by atoms with Gasteiger partial charge >= 0.3 is 6.03 Å². The fourth-order valence-corrected chi connectivity index (χ4v) is 3.14. The number of benzene rings is 2. The van der Waals surface area contributed by atoms with Crippen molar-refractivity contribution in [2.75, 3.05) is 16.8 Å². The summed E-state index contributed by atoms with van der Waals surface area (Å²) < 4.78 is 13.4. The van der Waals surface area contributed by atoms with Crippen molar-refractivity contribution in [3.05, 3.63) is 58.9 Å². The highest BCUT2D eigenvalue weighted by Gasteiger charge is 2.33. The van der Waals surface area contributed by atoms with Crippen LogP contribution in [0.2, 0.25) is 0 Å². The highest BCUT2D eigenvalue weighted by molar-refractivity contribution is 6.02. The number of hydrogen-bond donors (Lipinski definition) is 2. The van der Waals surface area contributed by atoms with Crippen LogP contribution in [-0.4, -0.2) is 24.5 Å². The van der Waals surface area contributed by atoms with Crippen LogP contribution in [0.1, 0.15) is 23.1 Å². The molecule has 0 aromatic heterocycles. The quantitative estimate of drug-likeness (QED) is 0.882. The van der Waals surface area contributed by atoms with Crippen LogP contribution in [-0.2, 0) is 4.79 Å². The normalized spacial score (nSPS) is 16.7. The molecule has 1 unspecified atom stereocenters. The third kappa shape index (κ3) is 3.69. The molecule has 2 aromatic carbocycles. The summed E-state index contributed by atoms with van der Waals surface area (Å²) in [5.41, 5.74) is 3.92. The highest BCUT2D eigenvalue weighted by atomic mass is 19.1. The Hall–Kier alpha value is -2.89. The van der Waals surface area contributed by atoms with Gasteiger partial charge in [-0.05, 0) is 62.6 Å². The first kappa shape index (κ1) is 17.9. The van der Waals surface area contributed by atoms with Gasteiger partial charge in [-0.25, -0.2) is 9.18 Å². The van der Waals surface area contributed by atoms with Gasteiger partial charge < -0.3 is 15.5 Å². The lowest BCUT2D eigenvalue weighted by atomic mass is 10.1. The summed E-state index contributed by atoms with van der Waals surface area (Å²) in [6, 6.07) is 9.32. The molecule has 0 aliphatic carbocycles. The minimum absolute atomic E-state index is 0.188. The van der Waals surface area contributed by atoms with Gasteiger partial charge in [-0.2, -0.15) is 0 Å². The van der Waals surface area contributed by atoms with Crippen molar-refractivity contribution < 1.29 is 14.0 Å². The smallest absolute Gasteiger partial charge is 0.319 e. The number of amides is 3. The second kappa shape index (κ2) is 7.15. The van der Waals surface area contributed by atoms with Gasteiger partial charge in [0.25, 0.3) is 0 Å². The molecule has 1 saturated heterocycles. The number of aryl methyl sites for hydroxylation is 3. The van der Waals surface area contributed by atoms with Gasteiger partial charge in [-0.3, -0.25) is 4.79 Å². The Morgan fingerprint density at radius 2 is 1.88 bits per heavy atom. The lowest BCUT2D eigenvalue weighted by Gasteiger charge is -2.18. The van der Waals surface area contributed by atoms with Crippen molar-refractivity contribution in [3.63, 3.8) is 0 Å². The number of urea groups is 1. The van der Waals surface area contributed by atoms with Crippen molar-refractivity contribution in [1.82, 2.24) is 5.32 Å². The monoisotopic (exact) mass is 355 g/mol. The zero-order valence-corrected chi connectivity index (χ0v) is 15.1. The standard InChI is InChI=1S/C20H22FN3O2/c1-12-4-7-17(14(3)10-12)22-20(26)23-18-8-9-24(19(18)25)15-5-6-16(21)13(2)11-15/h4-7,10-11,18H,8-9H2,1-3H3,(H2,22,23,26). The minimum Gasteiger partial charge on any atom is -0.326 e. The van der Waals surface area contributed by atoms with Crippen molar-refractivity contribution in [2.45, 2.75) is 33.2 Å². The zero-order chi connectivity index (χ0) is 18.8. The van der Waals surface area contributed by atoms with Gasteiger partial charge in [0.15, 0.2) is 0 Å². The molecule has 26 heavy (non-hydrogen) atoms. The van der Waals surface area contributed by atoms with Gasteiger partial charge in [0.2, 0.25) is 5.91 Å². The maximum atomic E-state index is 13.4. The van der Waals surface area contributed by atoms with Crippen LogP contribution in [0.25, 0.3) is 0 Å². The van der Waals surface area contributed by atoms with E-state index in [-0.39, 0.29) is 11.7 Å². The van der Waals surface area contributed by atoms with Crippen molar-refractivity contribution >= 4 is 23.3 Å². The molecule has 2 N–H and O–H groups in total. The van der Waals surface area contributed by atoms with E-state index in [4.69, 9.17) is 0 Å². The lowest BCUT2D eigenvalue weighted by Crippen LogP contribution is -2.43. The molecule has 3 amide bonds. The Labute approximate surface area is 152 Å². The molecule has 0 saturated carbocycles. The van der Waals surface area contributed by atoms with Crippen LogP contribution in [0.5, 0.6) is 0 Å². The van der Waals surface area contributed by atoms with Crippen LogP contribution < -0.4 is 15.5 Å². The van der Waals surface area contributed by atoms with E-state index in [1.807, 2.05) is 32.0 Å². The van der Waals surface area contributed by atoms with E-state index >= 15 is 0 Å². The number of hydrogen-bond acceptors (Lipinski definition) is 2. The largest absolute Gasteiger partial charge is 0.326 e. The van der Waals surface area contributed by atoms with E-state index in [1.165, 1.54) is 6.07 Å². The second-order valence-corrected chi connectivity index (χ2v) is 6.68. The molecule has 1 fully saturated rings. The van der Waals surface area contributed by atoms with E-state index < -0.39 is 12.1 Å². The summed E-state index contributed by atoms with van der Waals surface area (Å²) in [7, 11) is 0. The van der Waals surface area contributed by atoms with E-state index in [0.717, 1.165) is 11.1 Å². The molecule has 1 heterocycles. The van der Waals surface area contributed by atoms with Crippen molar-refractivity contribution in [1.29, 1.82) is 0 Å². The first-order chi connectivity index (χ1) is 12.3. The predicted molar refractivity (Wildman–Crippen MR) is 100.0 cm³/mol. The first-order valence-corrected chi connectivity index (χ1v) is 8.57. The molecule has 0 radical (unpaired) electrons. The lowest BCUT2D eigenvalue weighted by molar-refractivity contribution is -0.118. The van der Waals surface area contributed by atoms with E-state index in [1.54, 1.807) is 24.0 Å². The number of rotatable bonds is 3. The molecular weight excluding hydrogens is 333 g/mol. The highest BCUT2D eigenvalue weighted by Crippen LogP contribution is 2.24. The molecule has 5 nitrogen and oxygen atoms in total. The van der Waals surface area contributed by atoms with E-state index in [0.29, 0.717) is 29.9 Å². The summed E-state index contributed by atoms with van der Waals surface area (Å²) in [6.45, 7) is 6.05. The molecule has 0 bridgehead atoms. The minimum atomic E-state index is -0.592. The fourth-order valence-electron chi connectivity index (χ4n) is 3.14. The number of halogens is 1. The van der Waals surface area contributed by atoms with Crippen LogP contribution >= 0.6 is 0 Å². The van der Waals surface area contributed by atoms with Gasteiger partial charge in [0, 0.05) is 17.9 Å². The SMILES string of the molecule is Cc1ccc(NC(=O)NC2CCN(c3ccc(F)c(C)c3)C2=O)c(C)c1. The van der Waals surface area contributed by atoms with Crippen LogP contribution in [0.15, 0.2) is 36.4 Å².